The highest BCUT2D eigenvalue weighted by atomic mass is 16.5. The van der Waals surface area contributed by atoms with Crippen LogP contribution in [0.5, 0.6) is 5.75 Å². The van der Waals surface area contributed by atoms with E-state index in [1.165, 1.54) is 12.0 Å². The first-order valence-electron chi connectivity index (χ1n) is 13.6. The third-order valence-corrected chi connectivity index (χ3v) is 7.01. The monoisotopic (exact) mass is 546 g/mol. The summed E-state index contributed by atoms with van der Waals surface area (Å²) >= 11 is 0. The Balaban J connectivity index is 1.88. The molecule has 3 heterocycles. The van der Waals surface area contributed by atoms with Crippen LogP contribution in [0.15, 0.2) is 24.3 Å². The molecule has 3 aliphatic heterocycles. The molecule has 1 fully saturated rings. The van der Waals surface area contributed by atoms with Gasteiger partial charge in [-0.25, -0.2) is 0 Å². The van der Waals surface area contributed by atoms with E-state index in [9.17, 15) is 19.2 Å². The van der Waals surface area contributed by atoms with E-state index in [2.05, 4.69) is 10.6 Å². The van der Waals surface area contributed by atoms with Crippen LogP contribution in [0.4, 0.5) is 0 Å². The average molecular weight is 547 g/mol. The second-order valence-electron chi connectivity index (χ2n) is 10.5. The number of piperidine rings is 1. The smallest absolute Gasteiger partial charge is 0.258 e. The van der Waals surface area contributed by atoms with E-state index in [0.29, 0.717) is 25.3 Å². The lowest BCUT2D eigenvalue weighted by molar-refractivity contribution is -0.142. The van der Waals surface area contributed by atoms with E-state index >= 15 is 0 Å². The second-order valence-corrected chi connectivity index (χ2v) is 10.5. The summed E-state index contributed by atoms with van der Waals surface area (Å²) in [6, 6.07) is 5.45. The van der Waals surface area contributed by atoms with Gasteiger partial charge in [-0.1, -0.05) is 26.0 Å². The molecule has 11 nitrogen and oxygen atoms in total. The summed E-state index contributed by atoms with van der Waals surface area (Å²) < 4.78 is 16.2. The fourth-order valence-electron chi connectivity index (χ4n) is 4.87. The molecule has 4 rings (SSSR count). The van der Waals surface area contributed by atoms with Crippen molar-refractivity contribution in [3.05, 3.63) is 29.8 Å². The third-order valence-electron chi connectivity index (χ3n) is 7.01. The van der Waals surface area contributed by atoms with E-state index in [-0.39, 0.29) is 56.6 Å². The molecule has 216 valence electrons. The number of hydrogen-bond acceptors (Lipinski definition) is 7. The van der Waals surface area contributed by atoms with Crippen molar-refractivity contribution in [1.29, 1.82) is 0 Å². The summed E-state index contributed by atoms with van der Waals surface area (Å²) in [6.45, 7) is 4.86. The predicted molar refractivity (Wildman–Crippen MR) is 144 cm³/mol. The summed E-state index contributed by atoms with van der Waals surface area (Å²) in [5.74, 6) is -0.831. The van der Waals surface area contributed by atoms with Crippen molar-refractivity contribution in [1.82, 2.24) is 20.4 Å². The molecular weight excluding hydrogens is 504 g/mol. The first-order valence-corrected chi connectivity index (χ1v) is 13.6. The first-order chi connectivity index (χ1) is 18.7. The van der Waals surface area contributed by atoms with Gasteiger partial charge in [0.1, 0.15) is 17.8 Å². The Kier molecular flexibility index (Phi) is 11.5. The summed E-state index contributed by atoms with van der Waals surface area (Å²) in [5.41, 5.74) is 0.827. The lowest BCUT2D eigenvalue weighted by Crippen LogP contribution is -2.56. The Morgan fingerprint density at radius 3 is 2.36 bits per heavy atom. The number of methoxy groups -OCH3 is 2. The van der Waals surface area contributed by atoms with Crippen LogP contribution in [0.3, 0.4) is 0 Å². The number of ether oxygens (including phenoxy) is 3. The molecule has 4 amide bonds. The minimum Gasteiger partial charge on any atom is -0.484 e. The van der Waals surface area contributed by atoms with Gasteiger partial charge in [0.2, 0.25) is 17.7 Å². The molecule has 2 bridgehead atoms. The molecule has 11 heteroatoms. The lowest BCUT2D eigenvalue weighted by atomic mass is 10.0. The summed E-state index contributed by atoms with van der Waals surface area (Å²) in [5, 5.41) is 5.66. The fourth-order valence-corrected chi connectivity index (χ4v) is 4.87. The molecule has 0 spiro atoms. The van der Waals surface area contributed by atoms with Crippen LogP contribution in [0.25, 0.3) is 0 Å². The Labute approximate surface area is 230 Å². The molecule has 1 aromatic carbocycles. The van der Waals surface area contributed by atoms with Gasteiger partial charge < -0.3 is 34.6 Å². The maximum atomic E-state index is 13.6. The van der Waals surface area contributed by atoms with E-state index in [1.54, 1.807) is 24.1 Å². The number of nitrogens with one attached hydrogen (secondary N) is 2. The van der Waals surface area contributed by atoms with Crippen molar-refractivity contribution in [3.8, 4) is 5.75 Å². The van der Waals surface area contributed by atoms with Gasteiger partial charge in [0.15, 0.2) is 6.61 Å². The Morgan fingerprint density at radius 2 is 1.74 bits per heavy atom. The van der Waals surface area contributed by atoms with Crippen molar-refractivity contribution >= 4 is 23.6 Å². The van der Waals surface area contributed by atoms with E-state index in [0.717, 1.165) is 18.4 Å². The lowest BCUT2D eigenvalue weighted by Gasteiger charge is -2.34. The number of rotatable bonds is 7. The average Bonchev–Trinajstić information content (AvgIpc) is 2.92. The van der Waals surface area contributed by atoms with Gasteiger partial charge in [-0.2, -0.15) is 0 Å². The number of fused-ring (bicyclic) bond motifs is 13. The molecule has 0 saturated carbocycles. The third kappa shape index (κ3) is 9.21. The molecule has 0 aromatic heterocycles. The molecule has 0 unspecified atom stereocenters. The number of benzene rings is 1. The highest BCUT2D eigenvalue weighted by Gasteiger charge is 2.32. The van der Waals surface area contributed by atoms with Gasteiger partial charge in [0.25, 0.3) is 5.91 Å². The normalized spacial score (nSPS) is 22.0. The van der Waals surface area contributed by atoms with Crippen LogP contribution in [0.1, 0.15) is 38.7 Å². The Hall–Kier alpha value is -3.18. The molecule has 39 heavy (non-hydrogen) atoms. The van der Waals surface area contributed by atoms with Crippen LogP contribution >= 0.6 is 0 Å². The predicted octanol–water partition coefficient (Wildman–Crippen LogP) is 0.750. The summed E-state index contributed by atoms with van der Waals surface area (Å²) in [4.78, 5) is 56.2. The van der Waals surface area contributed by atoms with E-state index in [1.807, 2.05) is 26.0 Å². The first kappa shape index (κ1) is 30.4. The van der Waals surface area contributed by atoms with E-state index < -0.39 is 23.9 Å². The molecule has 0 radical (unpaired) electrons. The molecule has 3 aliphatic rings. The van der Waals surface area contributed by atoms with Gasteiger partial charge in [-0.3, -0.25) is 19.2 Å². The van der Waals surface area contributed by atoms with E-state index in [4.69, 9.17) is 14.2 Å². The standard InChI is InChI=1S/C28H42N4O7/c1-19(2)15-23-28(36)32(13-14-37-3)17-25(33)29-24(27(35)31-11-9-21(38-4)10-12-31)16-20-5-7-22(8-6-20)39-18-26(34)30-23/h5-8,19,21,23-24H,9-18H2,1-4H3,(H,29,33)(H,30,34)/t23-,24-/m0/s1. The Morgan fingerprint density at radius 1 is 1.05 bits per heavy atom. The molecule has 2 atom stereocenters. The zero-order valence-electron chi connectivity index (χ0n) is 23.4. The van der Waals surface area contributed by atoms with Crippen molar-refractivity contribution < 1.29 is 33.4 Å². The SMILES string of the molecule is COCCN1CC(=O)N[C@H](C(=O)N2CCC(OC)CC2)Cc2ccc(cc2)OCC(=O)N[C@@H](CC(C)C)C1=O. The fraction of sp³-hybridized carbons (Fsp3) is 0.643. The molecular formula is C28H42N4O7. The maximum Gasteiger partial charge on any atom is 0.258 e. The zero-order chi connectivity index (χ0) is 28.4. The van der Waals surface area contributed by atoms with Gasteiger partial charge in [0, 0.05) is 40.3 Å². The highest BCUT2D eigenvalue weighted by Crippen LogP contribution is 2.18. The van der Waals surface area contributed by atoms with Crippen LogP contribution in [0.2, 0.25) is 0 Å². The largest absolute Gasteiger partial charge is 0.484 e. The zero-order valence-corrected chi connectivity index (χ0v) is 23.4. The van der Waals surface area contributed by atoms with Crippen molar-refractivity contribution in [2.24, 2.45) is 5.92 Å². The highest BCUT2D eigenvalue weighted by molar-refractivity contribution is 5.93. The van der Waals surface area contributed by atoms with Crippen LogP contribution in [-0.2, 0) is 35.1 Å². The van der Waals surface area contributed by atoms with Crippen LogP contribution < -0.4 is 15.4 Å². The quantitative estimate of drug-likeness (QED) is 0.484. The minimum atomic E-state index is -0.833. The van der Waals surface area contributed by atoms with Gasteiger partial charge >= 0.3 is 0 Å². The van der Waals surface area contributed by atoms with Gasteiger partial charge in [0.05, 0.1) is 19.3 Å². The number of nitrogens with zero attached hydrogens (tertiary/aromatic N) is 2. The number of hydrogen-bond donors (Lipinski definition) is 2. The molecule has 1 aromatic rings. The van der Waals surface area contributed by atoms with Crippen LogP contribution in [-0.4, -0.2) is 105 Å². The van der Waals surface area contributed by atoms with Gasteiger partial charge in [-0.15, -0.1) is 0 Å². The number of amides is 4. The number of likely N-dealkylation sites (tertiary alicyclic amines) is 1. The Bertz CT molecular complexity index is 977. The van der Waals surface area contributed by atoms with Crippen molar-refractivity contribution in [2.75, 3.05) is 53.6 Å². The summed E-state index contributed by atoms with van der Waals surface area (Å²) in [7, 11) is 3.18. The number of carbonyl (C=O) groups is 4. The van der Waals surface area contributed by atoms with Gasteiger partial charge in [-0.05, 0) is 42.9 Å². The minimum absolute atomic E-state index is 0.112. The molecule has 2 N–H and O–H groups in total. The molecule has 1 saturated heterocycles. The molecule has 0 aliphatic carbocycles. The van der Waals surface area contributed by atoms with Crippen molar-refractivity contribution in [2.45, 2.75) is 57.7 Å². The maximum absolute atomic E-state index is 13.6. The van der Waals surface area contributed by atoms with Crippen LogP contribution in [0, 0.1) is 5.92 Å². The number of carbonyl (C=O) groups excluding carboxylic acids is 4. The topological polar surface area (TPSA) is 127 Å². The summed E-state index contributed by atoms with van der Waals surface area (Å²) in [6.07, 6.45) is 2.25. The van der Waals surface area contributed by atoms with Crippen molar-refractivity contribution in [3.63, 3.8) is 0 Å². The second kappa shape index (κ2) is 14.8.